The van der Waals surface area contributed by atoms with Crippen LogP contribution in [0.3, 0.4) is 0 Å². The lowest BCUT2D eigenvalue weighted by molar-refractivity contribution is 0.102. The van der Waals surface area contributed by atoms with E-state index in [-0.39, 0.29) is 17.4 Å². The number of thioether (sulfide) groups is 1. The molecule has 0 aliphatic carbocycles. The zero-order valence-corrected chi connectivity index (χ0v) is 12.7. The van der Waals surface area contributed by atoms with Gasteiger partial charge in [0.05, 0.1) is 11.3 Å². The summed E-state index contributed by atoms with van der Waals surface area (Å²) in [6.07, 6.45) is 0. The quantitative estimate of drug-likeness (QED) is 0.414. The van der Waals surface area contributed by atoms with Crippen LogP contribution in [0, 0.1) is 12.7 Å². The van der Waals surface area contributed by atoms with E-state index in [1.165, 1.54) is 36.0 Å². The lowest BCUT2D eigenvalue weighted by atomic mass is 10.1. The van der Waals surface area contributed by atoms with Crippen LogP contribution in [0.2, 0.25) is 0 Å². The molecule has 3 nitrogen and oxygen atoms in total. The van der Waals surface area contributed by atoms with Gasteiger partial charge in [-0.05, 0) is 37.3 Å². The number of nitrogens with zero attached hydrogens (tertiary/aromatic N) is 2. The Bertz CT molecular complexity index is 834. The highest BCUT2D eigenvalue weighted by molar-refractivity contribution is 8.00. The van der Waals surface area contributed by atoms with Gasteiger partial charge in [-0.3, -0.25) is 4.79 Å². The van der Waals surface area contributed by atoms with Gasteiger partial charge in [-0.1, -0.05) is 30.0 Å². The summed E-state index contributed by atoms with van der Waals surface area (Å²) in [5.41, 5.74) is 1.37. The molecule has 1 heterocycles. The number of para-hydroxylation sites is 1. The Hall–Kier alpha value is -2.27. The van der Waals surface area contributed by atoms with Crippen molar-refractivity contribution in [2.75, 3.05) is 5.75 Å². The first-order chi connectivity index (χ1) is 10.6. The zero-order chi connectivity index (χ0) is 15.5. The van der Waals surface area contributed by atoms with Crippen LogP contribution in [0.15, 0.2) is 53.6 Å². The fourth-order valence-electron chi connectivity index (χ4n) is 2.12. The average molecular weight is 312 g/mol. The maximum Gasteiger partial charge on any atom is 0.173 e. The van der Waals surface area contributed by atoms with E-state index >= 15 is 0 Å². The van der Waals surface area contributed by atoms with E-state index in [0.717, 1.165) is 15.9 Å². The number of benzene rings is 2. The van der Waals surface area contributed by atoms with Crippen LogP contribution < -0.4 is 0 Å². The van der Waals surface area contributed by atoms with Gasteiger partial charge in [-0.15, -0.1) is 0 Å². The third-order valence-corrected chi connectivity index (χ3v) is 4.18. The summed E-state index contributed by atoms with van der Waals surface area (Å²) >= 11 is 1.38. The average Bonchev–Trinajstić information content (AvgIpc) is 2.52. The fourth-order valence-corrected chi connectivity index (χ4v) is 3.08. The second kappa shape index (κ2) is 6.23. The van der Waals surface area contributed by atoms with Crippen molar-refractivity contribution in [3.8, 4) is 0 Å². The highest BCUT2D eigenvalue weighted by atomic mass is 32.2. The first-order valence-electron chi connectivity index (χ1n) is 6.78. The van der Waals surface area contributed by atoms with Crippen molar-refractivity contribution in [2.45, 2.75) is 11.9 Å². The maximum atomic E-state index is 12.9. The number of ketones is 1. The van der Waals surface area contributed by atoms with Gasteiger partial charge >= 0.3 is 0 Å². The predicted octanol–water partition coefficient (Wildman–Crippen LogP) is 4.05. The molecule has 0 spiro atoms. The van der Waals surface area contributed by atoms with Crippen molar-refractivity contribution in [3.63, 3.8) is 0 Å². The van der Waals surface area contributed by atoms with Crippen LogP contribution in [0.4, 0.5) is 4.39 Å². The summed E-state index contributed by atoms with van der Waals surface area (Å²) in [5.74, 6) is 0.536. The number of carbonyl (C=O) groups excluding carboxylic acids is 1. The molecule has 3 aromatic rings. The normalized spacial score (nSPS) is 10.8. The molecule has 0 radical (unpaired) electrons. The largest absolute Gasteiger partial charge is 0.293 e. The standard InChI is InChI=1S/C17H13FN2OS/c1-11-19-15-5-3-2-4-14(15)17(20-11)22-10-16(21)12-6-8-13(18)9-7-12/h2-9H,10H2,1H3. The lowest BCUT2D eigenvalue weighted by Gasteiger charge is -2.06. The van der Waals surface area contributed by atoms with Gasteiger partial charge in [-0.25, -0.2) is 14.4 Å². The van der Waals surface area contributed by atoms with Gasteiger partial charge in [-0.2, -0.15) is 0 Å². The van der Waals surface area contributed by atoms with Gasteiger partial charge in [0.2, 0.25) is 0 Å². The van der Waals surface area contributed by atoms with Crippen LogP contribution in [-0.2, 0) is 0 Å². The molecule has 0 N–H and O–H groups in total. The van der Waals surface area contributed by atoms with Gasteiger partial charge < -0.3 is 0 Å². The topological polar surface area (TPSA) is 42.9 Å². The first-order valence-corrected chi connectivity index (χ1v) is 7.77. The van der Waals surface area contributed by atoms with Gasteiger partial charge in [0.15, 0.2) is 5.78 Å². The molecule has 0 unspecified atom stereocenters. The van der Waals surface area contributed by atoms with E-state index in [1.54, 1.807) is 0 Å². The molecule has 5 heteroatoms. The monoisotopic (exact) mass is 312 g/mol. The number of carbonyl (C=O) groups is 1. The molecule has 3 rings (SSSR count). The van der Waals surface area contributed by atoms with Crippen molar-refractivity contribution < 1.29 is 9.18 Å². The predicted molar refractivity (Wildman–Crippen MR) is 85.7 cm³/mol. The number of aryl methyl sites for hydroxylation is 1. The molecule has 0 aliphatic rings. The molecule has 1 aromatic heterocycles. The Kier molecular flexibility index (Phi) is 4.15. The smallest absolute Gasteiger partial charge is 0.173 e. The molecule has 0 saturated carbocycles. The van der Waals surface area contributed by atoms with Crippen molar-refractivity contribution in [3.05, 3.63) is 65.7 Å². The lowest BCUT2D eigenvalue weighted by Crippen LogP contribution is -2.03. The SMILES string of the molecule is Cc1nc(SCC(=O)c2ccc(F)cc2)c2ccccc2n1. The van der Waals surface area contributed by atoms with E-state index in [4.69, 9.17) is 0 Å². The second-order valence-electron chi connectivity index (χ2n) is 4.81. The van der Waals surface area contributed by atoms with Crippen LogP contribution in [-0.4, -0.2) is 21.5 Å². The van der Waals surface area contributed by atoms with Gasteiger partial charge in [0.25, 0.3) is 0 Å². The fraction of sp³-hybridized carbons (Fsp3) is 0.118. The summed E-state index contributed by atoms with van der Waals surface area (Å²) < 4.78 is 12.9. The molecular weight excluding hydrogens is 299 g/mol. The number of halogens is 1. The van der Waals surface area contributed by atoms with Crippen LogP contribution in [0.5, 0.6) is 0 Å². The maximum absolute atomic E-state index is 12.9. The number of aromatic nitrogens is 2. The summed E-state index contributed by atoms with van der Waals surface area (Å²) in [4.78, 5) is 21.0. The zero-order valence-electron chi connectivity index (χ0n) is 11.9. The second-order valence-corrected chi connectivity index (χ2v) is 5.78. The minimum atomic E-state index is -0.346. The summed E-state index contributed by atoms with van der Waals surface area (Å²) in [6, 6.07) is 13.3. The summed E-state index contributed by atoms with van der Waals surface area (Å²) in [7, 11) is 0. The Balaban J connectivity index is 1.82. The highest BCUT2D eigenvalue weighted by Gasteiger charge is 2.10. The van der Waals surface area contributed by atoms with Crippen molar-refractivity contribution >= 4 is 28.4 Å². The van der Waals surface area contributed by atoms with Crippen molar-refractivity contribution in [1.82, 2.24) is 9.97 Å². The molecule has 110 valence electrons. The number of hydrogen-bond acceptors (Lipinski definition) is 4. The summed E-state index contributed by atoms with van der Waals surface area (Å²) in [5, 5.41) is 1.73. The minimum Gasteiger partial charge on any atom is -0.293 e. The Morgan fingerprint density at radius 3 is 2.59 bits per heavy atom. The molecule has 0 saturated heterocycles. The number of Topliss-reactive ketones (excluding diaryl/α,β-unsaturated/α-hetero) is 1. The van der Waals surface area contributed by atoms with Crippen molar-refractivity contribution in [2.24, 2.45) is 0 Å². The Morgan fingerprint density at radius 2 is 1.82 bits per heavy atom. The Morgan fingerprint density at radius 1 is 1.09 bits per heavy atom. The molecule has 0 bridgehead atoms. The van der Waals surface area contributed by atoms with Gasteiger partial charge in [0.1, 0.15) is 16.7 Å². The number of hydrogen-bond donors (Lipinski definition) is 0. The van der Waals surface area contributed by atoms with E-state index in [9.17, 15) is 9.18 Å². The van der Waals surface area contributed by atoms with Crippen LogP contribution in [0.25, 0.3) is 10.9 Å². The third kappa shape index (κ3) is 3.14. The first kappa shape index (κ1) is 14.7. The van der Waals surface area contributed by atoms with E-state index in [1.807, 2.05) is 31.2 Å². The summed E-state index contributed by atoms with van der Waals surface area (Å²) in [6.45, 7) is 1.83. The molecule has 0 amide bonds. The van der Waals surface area contributed by atoms with E-state index in [0.29, 0.717) is 11.4 Å². The Labute approximate surface area is 131 Å². The van der Waals surface area contributed by atoms with Crippen LogP contribution in [0.1, 0.15) is 16.2 Å². The molecule has 0 atom stereocenters. The molecule has 2 aromatic carbocycles. The molecular formula is C17H13FN2OS. The number of rotatable bonds is 4. The van der Waals surface area contributed by atoms with E-state index in [2.05, 4.69) is 9.97 Å². The number of fused-ring (bicyclic) bond motifs is 1. The van der Waals surface area contributed by atoms with Crippen LogP contribution >= 0.6 is 11.8 Å². The molecule has 0 fully saturated rings. The third-order valence-electron chi connectivity index (χ3n) is 3.19. The molecule has 0 aliphatic heterocycles. The molecule has 22 heavy (non-hydrogen) atoms. The van der Waals surface area contributed by atoms with E-state index < -0.39 is 0 Å². The highest BCUT2D eigenvalue weighted by Crippen LogP contribution is 2.25. The van der Waals surface area contributed by atoms with Gasteiger partial charge in [0, 0.05) is 10.9 Å². The van der Waals surface area contributed by atoms with Crippen molar-refractivity contribution in [1.29, 1.82) is 0 Å². The minimum absolute atomic E-state index is 0.0506.